The topological polar surface area (TPSA) is 83.8 Å². The lowest BCUT2D eigenvalue weighted by atomic mass is 9.92. The van der Waals surface area contributed by atoms with Crippen molar-refractivity contribution >= 4 is 11.7 Å². The van der Waals surface area contributed by atoms with Gasteiger partial charge in [-0.1, -0.05) is 27.7 Å². The number of nitrogens with one attached hydrogen (secondary N) is 2. The van der Waals surface area contributed by atoms with Gasteiger partial charge in [0, 0.05) is 23.7 Å². The fraction of sp³-hybridized carbons (Fsp3) is 0.667. The first-order valence-electron chi connectivity index (χ1n) is 5.95. The third kappa shape index (κ3) is 3.56. The fourth-order valence-electron chi connectivity index (χ4n) is 1.46. The van der Waals surface area contributed by atoms with Crippen LogP contribution in [0, 0.1) is 5.92 Å². The van der Waals surface area contributed by atoms with Gasteiger partial charge in [0.25, 0.3) is 0 Å². The van der Waals surface area contributed by atoms with E-state index in [1.54, 1.807) is 0 Å². The summed E-state index contributed by atoms with van der Waals surface area (Å²) >= 11 is 0. The average Bonchev–Trinajstić information content (AvgIpc) is 2.67. The molecule has 1 rings (SSSR count). The molecule has 0 fully saturated rings. The number of hydrogen-bond acceptors (Lipinski definition) is 3. The van der Waals surface area contributed by atoms with E-state index in [4.69, 9.17) is 5.73 Å². The Morgan fingerprint density at radius 2 is 2.24 bits per heavy atom. The Morgan fingerprint density at radius 1 is 1.59 bits per heavy atom. The van der Waals surface area contributed by atoms with Crippen LogP contribution in [0.1, 0.15) is 39.8 Å². The number of aromatic nitrogens is 2. The first kappa shape index (κ1) is 13.7. The lowest BCUT2D eigenvalue weighted by molar-refractivity contribution is -0.119. The van der Waals surface area contributed by atoms with E-state index in [-0.39, 0.29) is 17.2 Å². The van der Waals surface area contributed by atoms with E-state index >= 15 is 0 Å². The molecule has 4 N–H and O–H groups in total. The molecule has 1 aromatic heterocycles. The Balaban J connectivity index is 2.70. The molecule has 0 spiro atoms. The van der Waals surface area contributed by atoms with Crippen LogP contribution in [0.3, 0.4) is 0 Å². The van der Waals surface area contributed by atoms with Crippen LogP contribution in [0.15, 0.2) is 6.07 Å². The molecule has 1 heterocycles. The minimum atomic E-state index is -0.148. The van der Waals surface area contributed by atoms with Gasteiger partial charge in [-0.15, -0.1) is 0 Å². The van der Waals surface area contributed by atoms with E-state index in [1.807, 2.05) is 13.0 Å². The van der Waals surface area contributed by atoms with E-state index in [2.05, 4.69) is 36.3 Å². The van der Waals surface area contributed by atoms with Crippen LogP contribution in [0.4, 0.5) is 5.82 Å². The maximum Gasteiger partial charge on any atom is 0.229 e. The smallest absolute Gasteiger partial charge is 0.229 e. The first-order valence-corrected chi connectivity index (χ1v) is 5.95. The van der Waals surface area contributed by atoms with E-state index in [9.17, 15) is 4.79 Å². The summed E-state index contributed by atoms with van der Waals surface area (Å²) in [5.74, 6) is 0.346. The number of nitrogens with zero attached hydrogens (tertiary/aromatic N) is 1. The Morgan fingerprint density at radius 3 is 2.65 bits per heavy atom. The Kier molecular flexibility index (Phi) is 4.28. The lowest BCUT2D eigenvalue weighted by Gasteiger charge is -2.14. The zero-order valence-electron chi connectivity index (χ0n) is 11.0. The molecule has 5 heteroatoms. The molecule has 1 unspecified atom stereocenters. The first-order chi connectivity index (χ1) is 7.88. The Labute approximate surface area is 102 Å². The standard InChI is InChI=1S/C12H22N4O/c1-5-8(7-13)11(17)14-10-6-9(15-16-10)12(2,3)4/h6,8H,5,7,13H2,1-4H3,(H2,14,15,16,17). The van der Waals surface area contributed by atoms with Crippen LogP contribution < -0.4 is 11.1 Å². The second-order valence-electron chi connectivity index (χ2n) is 5.25. The average molecular weight is 238 g/mol. The number of anilines is 1. The molecule has 0 bridgehead atoms. The number of carbonyl (C=O) groups is 1. The zero-order chi connectivity index (χ0) is 13.1. The predicted octanol–water partition coefficient (Wildman–Crippen LogP) is 1.63. The van der Waals surface area contributed by atoms with E-state index < -0.39 is 0 Å². The summed E-state index contributed by atoms with van der Waals surface area (Å²) in [6, 6.07) is 1.86. The summed E-state index contributed by atoms with van der Waals surface area (Å²) in [6.07, 6.45) is 0.735. The number of aromatic amines is 1. The maximum absolute atomic E-state index is 11.8. The van der Waals surface area contributed by atoms with E-state index in [0.29, 0.717) is 12.4 Å². The summed E-state index contributed by atoms with van der Waals surface area (Å²) in [4.78, 5) is 11.8. The third-order valence-electron chi connectivity index (χ3n) is 2.79. The molecule has 0 aromatic carbocycles. The SMILES string of the molecule is CCC(CN)C(=O)Nc1cc(C(C)(C)C)[nH]n1. The Bertz CT molecular complexity index is 374. The summed E-state index contributed by atoms with van der Waals surface area (Å²) in [5.41, 5.74) is 6.51. The van der Waals surface area contributed by atoms with Crippen LogP contribution in [0.5, 0.6) is 0 Å². The molecule has 5 nitrogen and oxygen atoms in total. The van der Waals surface area contributed by atoms with E-state index in [1.165, 1.54) is 0 Å². The molecule has 1 aromatic rings. The van der Waals surface area contributed by atoms with Gasteiger partial charge in [0.2, 0.25) is 5.91 Å². The van der Waals surface area contributed by atoms with Gasteiger partial charge < -0.3 is 11.1 Å². The third-order valence-corrected chi connectivity index (χ3v) is 2.79. The maximum atomic E-state index is 11.8. The van der Waals surface area contributed by atoms with Gasteiger partial charge in [-0.2, -0.15) is 5.10 Å². The minimum absolute atomic E-state index is 0.00595. The second kappa shape index (κ2) is 5.31. The molecule has 96 valence electrons. The highest BCUT2D eigenvalue weighted by Gasteiger charge is 2.19. The number of rotatable bonds is 4. The molecule has 0 saturated heterocycles. The van der Waals surface area contributed by atoms with Crippen molar-refractivity contribution in [2.45, 2.75) is 39.5 Å². The molecular weight excluding hydrogens is 216 g/mol. The second-order valence-corrected chi connectivity index (χ2v) is 5.25. The van der Waals surface area contributed by atoms with Crippen LogP contribution in [0.2, 0.25) is 0 Å². The van der Waals surface area contributed by atoms with Gasteiger partial charge in [-0.25, -0.2) is 0 Å². The van der Waals surface area contributed by atoms with Crippen molar-refractivity contribution in [3.8, 4) is 0 Å². The largest absolute Gasteiger partial charge is 0.330 e. The number of nitrogens with two attached hydrogens (primary N) is 1. The molecule has 0 aliphatic carbocycles. The number of hydrogen-bond donors (Lipinski definition) is 3. The number of amides is 1. The lowest BCUT2D eigenvalue weighted by Crippen LogP contribution is -2.28. The molecule has 0 aliphatic rings. The van der Waals surface area contributed by atoms with Crippen molar-refractivity contribution in [2.24, 2.45) is 11.7 Å². The highest BCUT2D eigenvalue weighted by molar-refractivity contribution is 5.91. The van der Waals surface area contributed by atoms with Crippen molar-refractivity contribution in [1.82, 2.24) is 10.2 Å². The summed E-state index contributed by atoms with van der Waals surface area (Å²) in [7, 11) is 0. The predicted molar refractivity (Wildman–Crippen MR) is 68.8 cm³/mol. The van der Waals surface area contributed by atoms with Gasteiger partial charge in [-0.05, 0) is 6.42 Å². The van der Waals surface area contributed by atoms with Crippen LogP contribution in [0.25, 0.3) is 0 Å². The quantitative estimate of drug-likeness (QED) is 0.745. The number of H-pyrrole nitrogens is 1. The van der Waals surface area contributed by atoms with Crippen molar-refractivity contribution in [1.29, 1.82) is 0 Å². The van der Waals surface area contributed by atoms with Gasteiger partial charge in [0.1, 0.15) is 0 Å². The molecule has 17 heavy (non-hydrogen) atoms. The van der Waals surface area contributed by atoms with Gasteiger partial charge in [-0.3, -0.25) is 9.89 Å². The molecular formula is C12H22N4O. The van der Waals surface area contributed by atoms with E-state index in [0.717, 1.165) is 12.1 Å². The van der Waals surface area contributed by atoms with Crippen molar-refractivity contribution < 1.29 is 4.79 Å². The van der Waals surface area contributed by atoms with Gasteiger partial charge in [0.05, 0.1) is 5.92 Å². The summed E-state index contributed by atoms with van der Waals surface area (Å²) in [5, 5.41) is 9.78. The Hall–Kier alpha value is -1.36. The highest BCUT2D eigenvalue weighted by Crippen LogP contribution is 2.22. The van der Waals surface area contributed by atoms with Gasteiger partial charge >= 0.3 is 0 Å². The zero-order valence-corrected chi connectivity index (χ0v) is 11.0. The van der Waals surface area contributed by atoms with Crippen molar-refractivity contribution in [2.75, 3.05) is 11.9 Å². The van der Waals surface area contributed by atoms with Gasteiger partial charge in [0.15, 0.2) is 5.82 Å². The molecule has 0 aliphatic heterocycles. The monoisotopic (exact) mass is 238 g/mol. The fourth-order valence-corrected chi connectivity index (χ4v) is 1.46. The van der Waals surface area contributed by atoms with Crippen molar-refractivity contribution in [3.05, 3.63) is 11.8 Å². The molecule has 1 atom stereocenters. The summed E-state index contributed by atoms with van der Waals surface area (Å²) in [6.45, 7) is 8.56. The number of carbonyl (C=O) groups excluding carboxylic acids is 1. The van der Waals surface area contributed by atoms with Crippen molar-refractivity contribution in [3.63, 3.8) is 0 Å². The molecule has 0 saturated carbocycles. The normalized spacial score (nSPS) is 13.5. The highest BCUT2D eigenvalue weighted by atomic mass is 16.2. The van der Waals surface area contributed by atoms with Crippen LogP contribution in [-0.2, 0) is 10.2 Å². The van der Waals surface area contributed by atoms with Crippen LogP contribution in [-0.4, -0.2) is 22.6 Å². The summed E-state index contributed by atoms with van der Waals surface area (Å²) < 4.78 is 0. The van der Waals surface area contributed by atoms with Crippen LogP contribution >= 0.6 is 0 Å². The minimum Gasteiger partial charge on any atom is -0.330 e. The molecule has 1 amide bonds. The molecule has 0 radical (unpaired) electrons.